The smallest absolute Gasteiger partial charge is 0.0635 e. The second-order valence-corrected chi connectivity index (χ2v) is 4.53. The topological polar surface area (TPSA) is 43.8 Å². The minimum absolute atomic E-state index is 0.256. The van der Waals surface area contributed by atoms with E-state index in [4.69, 9.17) is 5.73 Å². The molecule has 3 nitrogen and oxygen atoms in total. The molecule has 1 aromatic heterocycles. The molecule has 1 aromatic rings. The Labute approximate surface area is 93.8 Å². The summed E-state index contributed by atoms with van der Waals surface area (Å²) in [5.41, 5.74) is 7.01. The summed E-state index contributed by atoms with van der Waals surface area (Å²) >= 11 is 3.51. The van der Waals surface area contributed by atoms with Crippen molar-refractivity contribution in [3.8, 4) is 0 Å². The average Bonchev–Trinajstić information content (AvgIpc) is 2.45. The van der Waals surface area contributed by atoms with Crippen LogP contribution in [0.4, 0.5) is 0 Å². The van der Waals surface area contributed by atoms with E-state index in [1.54, 1.807) is 0 Å². The fourth-order valence-electron chi connectivity index (χ4n) is 1.41. The first kappa shape index (κ1) is 11.7. The fourth-order valence-corrected chi connectivity index (χ4v) is 1.90. The fraction of sp³-hybridized carbons (Fsp3) is 0.700. The van der Waals surface area contributed by atoms with Crippen molar-refractivity contribution in [3.63, 3.8) is 0 Å². The maximum Gasteiger partial charge on any atom is 0.0635 e. The molecule has 0 saturated heterocycles. The summed E-state index contributed by atoms with van der Waals surface area (Å²) in [5, 5.41) is 4.31. The molecule has 2 N–H and O–H groups in total. The minimum Gasteiger partial charge on any atom is -0.328 e. The van der Waals surface area contributed by atoms with Gasteiger partial charge in [-0.3, -0.25) is 4.68 Å². The zero-order valence-electron chi connectivity index (χ0n) is 8.83. The molecule has 4 heteroatoms. The van der Waals surface area contributed by atoms with Gasteiger partial charge >= 0.3 is 0 Å². The van der Waals surface area contributed by atoms with Crippen LogP contribution in [0.2, 0.25) is 0 Å². The molecular formula is C10H18BrN3. The molecule has 0 amide bonds. The third-order valence-corrected chi connectivity index (χ3v) is 2.83. The highest BCUT2D eigenvalue weighted by Gasteiger charge is 2.08. The van der Waals surface area contributed by atoms with Crippen LogP contribution in [0.25, 0.3) is 0 Å². The number of hydrogen-bond donors (Lipinski definition) is 1. The zero-order valence-corrected chi connectivity index (χ0v) is 10.4. The summed E-state index contributed by atoms with van der Waals surface area (Å²) in [6, 6.07) is 0.256. The highest BCUT2D eigenvalue weighted by Crippen LogP contribution is 2.18. The van der Waals surface area contributed by atoms with Crippen molar-refractivity contribution < 1.29 is 0 Å². The molecule has 0 radical (unpaired) electrons. The van der Waals surface area contributed by atoms with E-state index in [1.807, 2.05) is 13.1 Å². The molecule has 14 heavy (non-hydrogen) atoms. The van der Waals surface area contributed by atoms with Gasteiger partial charge in [0.1, 0.15) is 0 Å². The molecule has 1 unspecified atom stereocenters. The second-order valence-electron chi connectivity index (χ2n) is 3.68. The Morgan fingerprint density at radius 3 is 2.93 bits per heavy atom. The van der Waals surface area contributed by atoms with E-state index in [9.17, 15) is 0 Å². The summed E-state index contributed by atoms with van der Waals surface area (Å²) in [4.78, 5) is 0. The number of rotatable bonds is 5. The Bertz CT molecular complexity index is 281. The predicted octanol–water partition coefficient (Wildman–Crippen LogP) is 2.34. The Hall–Kier alpha value is -0.350. The molecule has 1 rings (SSSR count). The van der Waals surface area contributed by atoms with Crippen LogP contribution in [0.3, 0.4) is 0 Å². The molecule has 0 saturated carbocycles. The van der Waals surface area contributed by atoms with Gasteiger partial charge in [0.25, 0.3) is 0 Å². The number of aromatic nitrogens is 2. The average molecular weight is 260 g/mol. The summed E-state index contributed by atoms with van der Waals surface area (Å²) in [5.74, 6) is 0. The lowest BCUT2D eigenvalue weighted by Crippen LogP contribution is -2.16. The molecule has 0 aliphatic carbocycles. The van der Waals surface area contributed by atoms with Crippen molar-refractivity contribution in [1.82, 2.24) is 9.78 Å². The van der Waals surface area contributed by atoms with Crippen molar-refractivity contribution >= 4 is 15.9 Å². The SMILES string of the molecule is CCCn1ncc(Br)c1CCC(C)N. The third kappa shape index (κ3) is 3.10. The summed E-state index contributed by atoms with van der Waals surface area (Å²) in [6.07, 6.45) is 4.98. The van der Waals surface area contributed by atoms with E-state index in [2.05, 4.69) is 32.6 Å². The van der Waals surface area contributed by atoms with Crippen molar-refractivity contribution in [3.05, 3.63) is 16.4 Å². The predicted molar refractivity (Wildman–Crippen MR) is 62.2 cm³/mol. The van der Waals surface area contributed by atoms with Gasteiger partial charge in [0.15, 0.2) is 0 Å². The van der Waals surface area contributed by atoms with Crippen LogP contribution in [0, 0.1) is 0 Å². The normalized spacial score (nSPS) is 13.1. The van der Waals surface area contributed by atoms with E-state index >= 15 is 0 Å². The number of aryl methyl sites for hydroxylation is 1. The molecule has 0 aromatic carbocycles. The van der Waals surface area contributed by atoms with E-state index in [1.165, 1.54) is 5.69 Å². The maximum absolute atomic E-state index is 5.74. The summed E-state index contributed by atoms with van der Waals surface area (Å²) in [6.45, 7) is 5.18. The van der Waals surface area contributed by atoms with Crippen LogP contribution in [0.5, 0.6) is 0 Å². The van der Waals surface area contributed by atoms with Crippen LogP contribution in [0.15, 0.2) is 10.7 Å². The monoisotopic (exact) mass is 259 g/mol. The van der Waals surface area contributed by atoms with E-state index in [0.717, 1.165) is 30.3 Å². The Kier molecular flexibility index (Phi) is 4.62. The van der Waals surface area contributed by atoms with Crippen molar-refractivity contribution in [1.29, 1.82) is 0 Å². The molecule has 0 fully saturated rings. The highest BCUT2D eigenvalue weighted by molar-refractivity contribution is 9.10. The van der Waals surface area contributed by atoms with Crippen LogP contribution < -0.4 is 5.73 Å². The van der Waals surface area contributed by atoms with E-state index < -0.39 is 0 Å². The maximum atomic E-state index is 5.74. The van der Waals surface area contributed by atoms with Crippen LogP contribution >= 0.6 is 15.9 Å². The van der Waals surface area contributed by atoms with Gasteiger partial charge in [0, 0.05) is 12.6 Å². The molecule has 1 atom stereocenters. The standard InChI is InChI=1S/C10H18BrN3/c1-3-6-14-10(5-4-8(2)12)9(11)7-13-14/h7-8H,3-6,12H2,1-2H3. The van der Waals surface area contributed by atoms with Gasteiger partial charge in [-0.15, -0.1) is 0 Å². The molecular weight excluding hydrogens is 242 g/mol. The van der Waals surface area contributed by atoms with Gasteiger partial charge in [0.05, 0.1) is 16.4 Å². The summed E-state index contributed by atoms with van der Waals surface area (Å²) in [7, 11) is 0. The van der Waals surface area contributed by atoms with Gasteiger partial charge in [0.2, 0.25) is 0 Å². The molecule has 0 bridgehead atoms. The zero-order chi connectivity index (χ0) is 10.6. The van der Waals surface area contributed by atoms with Crippen molar-refractivity contribution in [2.24, 2.45) is 5.73 Å². The molecule has 0 spiro atoms. The van der Waals surface area contributed by atoms with E-state index in [-0.39, 0.29) is 6.04 Å². The van der Waals surface area contributed by atoms with Gasteiger partial charge in [-0.1, -0.05) is 6.92 Å². The first-order chi connectivity index (χ1) is 6.65. The van der Waals surface area contributed by atoms with Gasteiger partial charge in [-0.05, 0) is 42.1 Å². The molecule has 1 heterocycles. The first-order valence-electron chi connectivity index (χ1n) is 5.11. The number of nitrogens with zero attached hydrogens (tertiary/aromatic N) is 2. The number of nitrogens with two attached hydrogens (primary N) is 1. The van der Waals surface area contributed by atoms with Gasteiger partial charge in [-0.2, -0.15) is 5.10 Å². The Balaban J connectivity index is 2.67. The first-order valence-corrected chi connectivity index (χ1v) is 5.90. The lowest BCUT2D eigenvalue weighted by Gasteiger charge is -2.08. The molecule has 0 aliphatic heterocycles. The summed E-state index contributed by atoms with van der Waals surface area (Å²) < 4.78 is 3.17. The second kappa shape index (κ2) is 5.51. The molecule has 80 valence electrons. The van der Waals surface area contributed by atoms with Crippen molar-refractivity contribution in [2.75, 3.05) is 0 Å². The van der Waals surface area contributed by atoms with Gasteiger partial charge in [-0.25, -0.2) is 0 Å². The molecule has 0 aliphatic rings. The van der Waals surface area contributed by atoms with Gasteiger partial charge < -0.3 is 5.73 Å². The number of hydrogen-bond acceptors (Lipinski definition) is 2. The van der Waals surface area contributed by atoms with Crippen LogP contribution in [-0.2, 0) is 13.0 Å². The minimum atomic E-state index is 0.256. The van der Waals surface area contributed by atoms with Crippen molar-refractivity contribution in [2.45, 2.75) is 45.7 Å². The Morgan fingerprint density at radius 2 is 2.36 bits per heavy atom. The van der Waals surface area contributed by atoms with E-state index in [0.29, 0.717) is 0 Å². The third-order valence-electron chi connectivity index (χ3n) is 2.17. The lowest BCUT2D eigenvalue weighted by atomic mass is 10.1. The van der Waals surface area contributed by atoms with Crippen LogP contribution in [-0.4, -0.2) is 15.8 Å². The quantitative estimate of drug-likeness (QED) is 0.883. The largest absolute Gasteiger partial charge is 0.328 e. The lowest BCUT2D eigenvalue weighted by molar-refractivity contribution is 0.553. The highest BCUT2D eigenvalue weighted by atomic mass is 79.9. The Morgan fingerprint density at radius 1 is 1.64 bits per heavy atom. The van der Waals surface area contributed by atoms with Crippen LogP contribution in [0.1, 0.15) is 32.4 Å². The number of halogens is 1.